The van der Waals surface area contributed by atoms with Crippen LogP contribution in [0.5, 0.6) is 0 Å². The number of nitrogens with zero attached hydrogens (tertiary/aromatic N) is 1. The van der Waals surface area contributed by atoms with E-state index in [0.717, 1.165) is 18.6 Å². The van der Waals surface area contributed by atoms with Crippen LogP contribution in [0, 0.1) is 5.92 Å². The zero-order valence-electron chi connectivity index (χ0n) is 12.3. The van der Waals surface area contributed by atoms with Gasteiger partial charge < -0.3 is 14.6 Å². The summed E-state index contributed by atoms with van der Waals surface area (Å²) in [6, 6.07) is 3.41. The number of furan rings is 1. The van der Waals surface area contributed by atoms with Crippen LogP contribution in [0.3, 0.4) is 0 Å². The number of hydrogen-bond acceptors (Lipinski definition) is 3. The average Bonchev–Trinajstić information content (AvgIpc) is 2.91. The van der Waals surface area contributed by atoms with Gasteiger partial charge in [-0.2, -0.15) is 0 Å². The Kier molecular flexibility index (Phi) is 4.47. The molecule has 2 rings (SSSR count). The van der Waals surface area contributed by atoms with E-state index in [-0.39, 0.29) is 30.3 Å². The molecule has 5 heteroatoms. The van der Waals surface area contributed by atoms with E-state index < -0.39 is 6.04 Å². The summed E-state index contributed by atoms with van der Waals surface area (Å²) in [5.74, 6) is 0.956. The van der Waals surface area contributed by atoms with Gasteiger partial charge in [-0.25, -0.2) is 0 Å². The molecular weight excluding hydrogens is 256 g/mol. The highest BCUT2D eigenvalue weighted by Gasteiger charge is 2.36. The molecule has 1 aromatic heterocycles. The van der Waals surface area contributed by atoms with Gasteiger partial charge in [0.1, 0.15) is 11.8 Å². The Morgan fingerprint density at radius 2 is 2.15 bits per heavy atom. The maximum absolute atomic E-state index is 12.4. The largest absolute Gasteiger partial charge is 0.469 e. The van der Waals surface area contributed by atoms with Gasteiger partial charge in [0.25, 0.3) is 0 Å². The molecule has 0 saturated carbocycles. The molecule has 0 bridgehead atoms. The highest BCUT2D eigenvalue weighted by molar-refractivity contribution is 5.95. The molecule has 5 nitrogen and oxygen atoms in total. The molecule has 20 heavy (non-hydrogen) atoms. The van der Waals surface area contributed by atoms with Crippen molar-refractivity contribution in [3.63, 3.8) is 0 Å². The Bertz CT molecular complexity index is 467. The van der Waals surface area contributed by atoms with E-state index in [4.69, 9.17) is 4.42 Å². The fraction of sp³-hybridized carbons (Fsp3) is 0.600. The quantitative estimate of drug-likeness (QED) is 0.889. The van der Waals surface area contributed by atoms with Gasteiger partial charge in [0.15, 0.2) is 0 Å². The van der Waals surface area contributed by atoms with E-state index in [2.05, 4.69) is 5.32 Å². The van der Waals surface area contributed by atoms with E-state index in [1.54, 1.807) is 11.2 Å². The molecule has 110 valence electrons. The molecule has 1 saturated heterocycles. The van der Waals surface area contributed by atoms with E-state index in [1.165, 1.54) is 0 Å². The van der Waals surface area contributed by atoms with Crippen molar-refractivity contribution in [1.29, 1.82) is 0 Å². The molecule has 1 aliphatic heterocycles. The highest BCUT2D eigenvalue weighted by Crippen LogP contribution is 2.16. The molecule has 0 radical (unpaired) electrons. The van der Waals surface area contributed by atoms with E-state index in [0.29, 0.717) is 0 Å². The van der Waals surface area contributed by atoms with Gasteiger partial charge >= 0.3 is 0 Å². The lowest BCUT2D eigenvalue weighted by Gasteiger charge is -2.38. The van der Waals surface area contributed by atoms with Crippen molar-refractivity contribution in [2.45, 2.75) is 45.7 Å². The maximum Gasteiger partial charge on any atom is 0.246 e. The van der Waals surface area contributed by atoms with Crippen LogP contribution < -0.4 is 5.32 Å². The zero-order valence-corrected chi connectivity index (χ0v) is 12.3. The molecule has 2 heterocycles. The molecule has 0 aliphatic carbocycles. The lowest BCUT2D eigenvalue weighted by Crippen LogP contribution is -2.61. The van der Waals surface area contributed by atoms with Gasteiger partial charge in [0.2, 0.25) is 11.8 Å². The molecule has 2 unspecified atom stereocenters. The molecule has 2 atom stereocenters. The second-order valence-electron chi connectivity index (χ2n) is 5.72. The molecule has 2 amide bonds. The van der Waals surface area contributed by atoms with E-state index in [1.807, 2.05) is 32.9 Å². The van der Waals surface area contributed by atoms with Gasteiger partial charge in [-0.3, -0.25) is 9.59 Å². The predicted octanol–water partition coefficient (Wildman–Crippen LogP) is 1.58. The normalized spacial score (nSPS) is 21.2. The van der Waals surface area contributed by atoms with E-state index >= 15 is 0 Å². The smallest absolute Gasteiger partial charge is 0.246 e. The van der Waals surface area contributed by atoms with Crippen molar-refractivity contribution in [3.8, 4) is 0 Å². The van der Waals surface area contributed by atoms with Crippen molar-refractivity contribution in [2.75, 3.05) is 6.54 Å². The first-order valence-electron chi connectivity index (χ1n) is 7.11. The third-order valence-electron chi connectivity index (χ3n) is 3.77. The number of rotatable bonds is 5. The third-order valence-corrected chi connectivity index (χ3v) is 3.77. The Labute approximate surface area is 119 Å². The molecule has 1 fully saturated rings. The standard InChI is InChI=1S/C15H22N2O3/c1-10(2)14-15(19)17(9-13(18)16-14)11(3)6-7-12-5-4-8-20-12/h4-5,8,10-11,14H,6-7,9H2,1-3H3,(H,16,18). The fourth-order valence-corrected chi connectivity index (χ4v) is 2.48. The monoisotopic (exact) mass is 278 g/mol. The van der Waals surface area contributed by atoms with Crippen molar-refractivity contribution < 1.29 is 14.0 Å². The molecule has 1 N–H and O–H groups in total. The molecule has 1 aliphatic rings. The zero-order chi connectivity index (χ0) is 14.7. The highest BCUT2D eigenvalue weighted by atomic mass is 16.3. The predicted molar refractivity (Wildman–Crippen MR) is 75.0 cm³/mol. The number of amides is 2. The number of nitrogens with one attached hydrogen (secondary N) is 1. The maximum atomic E-state index is 12.4. The first-order chi connectivity index (χ1) is 9.49. The van der Waals surface area contributed by atoms with Crippen molar-refractivity contribution >= 4 is 11.8 Å². The summed E-state index contributed by atoms with van der Waals surface area (Å²) in [5, 5.41) is 2.77. The molecular formula is C15H22N2O3. The van der Waals surface area contributed by atoms with Crippen molar-refractivity contribution in [3.05, 3.63) is 24.2 Å². The number of carbonyl (C=O) groups is 2. The Morgan fingerprint density at radius 3 is 2.75 bits per heavy atom. The number of carbonyl (C=O) groups excluding carboxylic acids is 2. The summed E-state index contributed by atoms with van der Waals surface area (Å²) >= 11 is 0. The minimum atomic E-state index is -0.401. The second-order valence-corrected chi connectivity index (χ2v) is 5.72. The SMILES string of the molecule is CC(C)C1NC(=O)CN(C(C)CCc2ccco2)C1=O. The number of aryl methyl sites for hydroxylation is 1. The fourth-order valence-electron chi connectivity index (χ4n) is 2.48. The van der Waals surface area contributed by atoms with Crippen LogP contribution in [0.2, 0.25) is 0 Å². The van der Waals surface area contributed by atoms with Crippen LogP contribution >= 0.6 is 0 Å². The van der Waals surface area contributed by atoms with E-state index in [9.17, 15) is 9.59 Å². The van der Waals surface area contributed by atoms with Gasteiger partial charge in [-0.05, 0) is 31.4 Å². The van der Waals surface area contributed by atoms with Crippen LogP contribution in [0.1, 0.15) is 33.0 Å². The summed E-state index contributed by atoms with van der Waals surface area (Å²) in [7, 11) is 0. The molecule has 1 aromatic rings. The third kappa shape index (κ3) is 3.21. The molecule has 0 spiro atoms. The van der Waals surface area contributed by atoms with Crippen LogP contribution in [0.4, 0.5) is 0 Å². The summed E-state index contributed by atoms with van der Waals surface area (Å²) < 4.78 is 5.30. The first kappa shape index (κ1) is 14.6. The Balaban J connectivity index is 1.98. The summed E-state index contributed by atoms with van der Waals surface area (Å²) in [6.45, 7) is 6.03. The second kappa shape index (κ2) is 6.11. The minimum Gasteiger partial charge on any atom is -0.469 e. The summed E-state index contributed by atoms with van der Waals surface area (Å²) in [6.07, 6.45) is 3.21. The first-order valence-corrected chi connectivity index (χ1v) is 7.11. The average molecular weight is 278 g/mol. The van der Waals surface area contributed by atoms with Gasteiger partial charge in [0.05, 0.1) is 12.8 Å². The summed E-state index contributed by atoms with van der Waals surface area (Å²) in [4.78, 5) is 25.8. The van der Waals surface area contributed by atoms with Crippen molar-refractivity contribution in [1.82, 2.24) is 10.2 Å². The van der Waals surface area contributed by atoms with Crippen LogP contribution in [-0.4, -0.2) is 35.3 Å². The van der Waals surface area contributed by atoms with Crippen LogP contribution in [0.15, 0.2) is 22.8 Å². The number of hydrogen-bond donors (Lipinski definition) is 1. The number of piperazine rings is 1. The lowest BCUT2D eigenvalue weighted by molar-refractivity contribution is -0.147. The van der Waals surface area contributed by atoms with Crippen molar-refractivity contribution in [2.24, 2.45) is 5.92 Å². The lowest BCUT2D eigenvalue weighted by atomic mass is 9.98. The van der Waals surface area contributed by atoms with Crippen LogP contribution in [-0.2, 0) is 16.0 Å². The van der Waals surface area contributed by atoms with Gasteiger partial charge in [-0.1, -0.05) is 13.8 Å². The molecule has 0 aromatic carbocycles. The van der Waals surface area contributed by atoms with Gasteiger partial charge in [0, 0.05) is 12.5 Å². The van der Waals surface area contributed by atoms with Crippen LogP contribution in [0.25, 0.3) is 0 Å². The summed E-state index contributed by atoms with van der Waals surface area (Å²) in [5.41, 5.74) is 0. The van der Waals surface area contributed by atoms with Gasteiger partial charge in [-0.15, -0.1) is 0 Å². The minimum absolute atomic E-state index is 0.0199. The Hall–Kier alpha value is -1.78. The Morgan fingerprint density at radius 1 is 1.40 bits per heavy atom. The topological polar surface area (TPSA) is 62.6 Å².